The van der Waals surface area contributed by atoms with Gasteiger partial charge in [0.15, 0.2) is 12.4 Å². The van der Waals surface area contributed by atoms with Gasteiger partial charge in [-0.2, -0.15) is 0 Å². The first kappa shape index (κ1) is 73.8. The van der Waals surface area contributed by atoms with Crippen molar-refractivity contribution < 1.29 is 42.9 Å². The third kappa shape index (κ3) is 59.4. The third-order valence-electron chi connectivity index (χ3n) is 15.0. The lowest BCUT2D eigenvalue weighted by atomic mass is 10.0. The standard InChI is InChI=1S/C67H127NO8/c1-6-8-10-12-14-16-18-20-22-23-24-25-26-27-28-29-30-31-32-33-34-35-36-37-38-39-40-41-42-44-45-47-49-51-53-55-57-64(69)74-61-63(62-75-67(66(71)72)73-60-59-68(3,4)5)76-65(70)58-56-54-52-50-48-46-43-21-19-17-15-13-11-9-7-2/h15,17,21,43,63,67H,6-14,16,18-20,22-42,44-62H2,1-5H3/b17-15-,43-21-. The molecule has 0 saturated heterocycles. The molecule has 0 amide bonds. The summed E-state index contributed by atoms with van der Waals surface area (Å²) >= 11 is 0. The minimum atomic E-state index is -1.62. The Balaban J connectivity index is 3.94. The van der Waals surface area contributed by atoms with Gasteiger partial charge in [0.1, 0.15) is 13.2 Å². The minimum Gasteiger partial charge on any atom is -0.545 e. The van der Waals surface area contributed by atoms with Crippen LogP contribution in [-0.2, 0) is 33.3 Å². The molecule has 0 saturated carbocycles. The van der Waals surface area contributed by atoms with Crippen molar-refractivity contribution in [1.82, 2.24) is 0 Å². The van der Waals surface area contributed by atoms with E-state index in [4.69, 9.17) is 18.9 Å². The first-order chi connectivity index (χ1) is 37.1. The average Bonchev–Trinajstić information content (AvgIpc) is 3.39. The van der Waals surface area contributed by atoms with Crippen LogP contribution in [0, 0.1) is 0 Å². The van der Waals surface area contributed by atoms with Gasteiger partial charge in [-0.3, -0.25) is 9.59 Å². The largest absolute Gasteiger partial charge is 0.545 e. The third-order valence-corrected chi connectivity index (χ3v) is 15.0. The lowest BCUT2D eigenvalue weighted by Gasteiger charge is -2.26. The Labute approximate surface area is 471 Å². The lowest BCUT2D eigenvalue weighted by Crippen LogP contribution is -2.44. The normalized spacial score (nSPS) is 12.8. The molecule has 9 nitrogen and oxygen atoms in total. The van der Waals surface area contributed by atoms with E-state index >= 15 is 0 Å². The van der Waals surface area contributed by atoms with E-state index in [2.05, 4.69) is 38.2 Å². The second-order valence-corrected chi connectivity index (χ2v) is 23.8. The molecule has 0 aliphatic rings. The molecule has 0 spiro atoms. The van der Waals surface area contributed by atoms with Crippen LogP contribution in [-0.4, -0.2) is 82.3 Å². The molecule has 0 aliphatic carbocycles. The van der Waals surface area contributed by atoms with Crippen molar-refractivity contribution in [3.05, 3.63) is 24.3 Å². The van der Waals surface area contributed by atoms with E-state index in [0.717, 1.165) is 57.8 Å². The molecule has 76 heavy (non-hydrogen) atoms. The molecule has 0 aromatic carbocycles. The zero-order valence-corrected chi connectivity index (χ0v) is 51.2. The average molecular weight is 1070 g/mol. The van der Waals surface area contributed by atoms with Crippen LogP contribution in [0.2, 0.25) is 0 Å². The monoisotopic (exact) mass is 1070 g/mol. The zero-order chi connectivity index (χ0) is 55.5. The molecular weight excluding hydrogens is 947 g/mol. The van der Waals surface area contributed by atoms with Crippen molar-refractivity contribution in [3.63, 3.8) is 0 Å². The second-order valence-electron chi connectivity index (χ2n) is 23.8. The van der Waals surface area contributed by atoms with Crippen LogP contribution < -0.4 is 5.11 Å². The first-order valence-corrected chi connectivity index (χ1v) is 33.0. The summed E-state index contributed by atoms with van der Waals surface area (Å²) in [6, 6.07) is 0. The number of aliphatic carboxylic acids is 1. The topological polar surface area (TPSA) is 111 Å². The van der Waals surface area contributed by atoms with Gasteiger partial charge in [0.05, 0.1) is 40.3 Å². The number of hydrogen-bond acceptors (Lipinski definition) is 8. The van der Waals surface area contributed by atoms with E-state index in [1.54, 1.807) is 0 Å². The summed E-state index contributed by atoms with van der Waals surface area (Å²) in [4.78, 5) is 37.3. The number of esters is 2. The van der Waals surface area contributed by atoms with Gasteiger partial charge >= 0.3 is 11.9 Å². The van der Waals surface area contributed by atoms with Crippen molar-refractivity contribution in [1.29, 1.82) is 0 Å². The van der Waals surface area contributed by atoms with Gasteiger partial charge in [0.2, 0.25) is 0 Å². The summed E-state index contributed by atoms with van der Waals surface area (Å²) in [7, 11) is 5.93. The van der Waals surface area contributed by atoms with Gasteiger partial charge in [-0.1, -0.05) is 295 Å². The molecule has 0 aromatic heterocycles. The Morgan fingerprint density at radius 1 is 0.395 bits per heavy atom. The number of likely N-dealkylation sites (N-methyl/N-ethyl adjacent to an activating group) is 1. The van der Waals surface area contributed by atoms with Gasteiger partial charge < -0.3 is 33.3 Å². The van der Waals surface area contributed by atoms with Gasteiger partial charge in [-0.25, -0.2) is 0 Å². The van der Waals surface area contributed by atoms with E-state index in [9.17, 15) is 19.5 Å². The summed E-state index contributed by atoms with van der Waals surface area (Å²) in [6.45, 7) is 4.75. The number of hydrogen-bond donors (Lipinski definition) is 0. The predicted octanol–water partition coefficient (Wildman–Crippen LogP) is 18.5. The lowest BCUT2D eigenvalue weighted by molar-refractivity contribution is -0.870. The molecule has 448 valence electrons. The van der Waals surface area contributed by atoms with E-state index in [1.165, 1.54) is 238 Å². The van der Waals surface area contributed by atoms with Gasteiger partial charge in [0, 0.05) is 12.8 Å². The Morgan fingerprint density at radius 3 is 1.07 bits per heavy atom. The molecule has 9 heteroatoms. The Morgan fingerprint density at radius 2 is 0.711 bits per heavy atom. The van der Waals surface area contributed by atoms with Crippen LogP contribution >= 0.6 is 0 Å². The molecule has 0 radical (unpaired) electrons. The predicted molar refractivity (Wildman–Crippen MR) is 320 cm³/mol. The maximum Gasteiger partial charge on any atom is 0.306 e. The maximum absolute atomic E-state index is 12.8. The van der Waals surface area contributed by atoms with Crippen LogP contribution in [0.3, 0.4) is 0 Å². The number of unbranched alkanes of at least 4 members (excludes halogenated alkanes) is 43. The van der Waals surface area contributed by atoms with Crippen molar-refractivity contribution in [2.24, 2.45) is 0 Å². The minimum absolute atomic E-state index is 0.147. The highest BCUT2D eigenvalue weighted by Crippen LogP contribution is 2.18. The fourth-order valence-corrected chi connectivity index (χ4v) is 9.87. The Hall–Kier alpha value is -2.23. The van der Waals surface area contributed by atoms with E-state index in [-0.39, 0.29) is 32.2 Å². The molecule has 0 N–H and O–H groups in total. The molecule has 0 bridgehead atoms. The SMILES string of the molecule is CCCCC/C=C\C/C=C\CCCCCCCC(=O)OC(COC(=O)CCCCCCCCCCCCCCCCCCCCCCCCCCCCCCCCCCCCCC)COC(OCC[N+](C)(C)C)C(=O)[O-]. The van der Waals surface area contributed by atoms with Gasteiger partial charge in [-0.15, -0.1) is 0 Å². The number of carboxylic acid groups (broad SMARTS) is 1. The summed E-state index contributed by atoms with van der Waals surface area (Å²) < 4.78 is 22.7. The molecular formula is C67H127NO8. The molecule has 0 aromatic rings. The number of carbonyl (C=O) groups is 3. The van der Waals surface area contributed by atoms with Crippen molar-refractivity contribution in [2.75, 3.05) is 47.5 Å². The number of quaternary nitrogens is 1. The quantitative estimate of drug-likeness (QED) is 0.0195. The molecule has 0 rings (SSSR count). The highest BCUT2D eigenvalue weighted by molar-refractivity contribution is 5.70. The van der Waals surface area contributed by atoms with E-state index < -0.39 is 24.3 Å². The number of rotatable bonds is 62. The highest BCUT2D eigenvalue weighted by Gasteiger charge is 2.22. The van der Waals surface area contributed by atoms with Crippen LogP contribution in [0.4, 0.5) is 0 Å². The maximum atomic E-state index is 12.8. The molecule has 2 unspecified atom stereocenters. The zero-order valence-electron chi connectivity index (χ0n) is 51.2. The first-order valence-electron chi connectivity index (χ1n) is 33.0. The van der Waals surface area contributed by atoms with Crippen molar-refractivity contribution in [2.45, 2.75) is 341 Å². The number of nitrogens with zero attached hydrogens (tertiary/aromatic N) is 1. The molecule has 0 aliphatic heterocycles. The second kappa shape index (κ2) is 58.9. The molecule has 2 atom stereocenters. The van der Waals surface area contributed by atoms with Crippen LogP contribution in [0.15, 0.2) is 24.3 Å². The van der Waals surface area contributed by atoms with Crippen LogP contribution in [0.25, 0.3) is 0 Å². The van der Waals surface area contributed by atoms with Crippen molar-refractivity contribution >= 4 is 17.9 Å². The fraction of sp³-hybridized carbons (Fsp3) is 0.896. The van der Waals surface area contributed by atoms with Crippen LogP contribution in [0.5, 0.6) is 0 Å². The number of carboxylic acids is 1. The summed E-state index contributed by atoms with van der Waals surface area (Å²) in [5.74, 6) is -2.28. The van der Waals surface area contributed by atoms with Gasteiger partial charge in [0.25, 0.3) is 0 Å². The number of ether oxygens (including phenoxy) is 4. The Kier molecular flexibility index (Phi) is 57.2. The number of carbonyl (C=O) groups excluding carboxylic acids is 3. The van der Waals surface area contributed by atoms with Crippen molar-refractivity contribution in [3.8, 4) is 0 Å². The molecule has 0 fully saturated rings. The van der Waals surface area contributed by atoms with Crippen LogP contribution in [0.1, 0.15) is 328 Å². The Bertz CT molecular complexity index is 1300. The van der Waals surface area contributed by atoms with E-state index in [1.807, 2.05) is 21.1 Å². The number of allylic oxidation sites excluding steroid dienone is 4. The van der Waals surface area contributed by atoms with Gasteiger partial charge in [-0.05, 0) is 44.9 Å². The molecule has 0 heterocycles. The highest BCUT2D eigenvalue weighted by atomic mass is 16.7. The summed E-state index contributed by atoms with van der Waals surface area (Å²) in [5.41, 5.74) is 0. The summed E-state index contributed by atoms with van der Waals surface area (Å²) in [6.07, 6.45) is 68.5. The summed E-state index contributed by atoms with van der Waals surface area (Å²) in [5, 5.41) is 11.8. The smallest absolute Gasteiger partial charge is 0.306 e. The fourth-order valence-electron chi connectivity index (χ4n) is 9.87. The van der Waals surface area contributed by atoms with E-state index in [0.29, 0.717) is 23.9 Å².